The highest BCUT2D eigenvalue weighted by molar-refractivity contribution is 8.00. The normalized spacial score (nSPS) is 23.1. The zero-order chi connectivity index (χ0) is 14.6. The van der Waals surface area contributed by atoms with Crippen LogP contribution in [0.3, 0.4) is 0 Å². The largest absolute Gasteiger partial charge is 0.399 e. The maximum absolute atomic E-state index is 12.0. The van der Waals surface area contributed by atoms with Crippen LogP contribution in [0.1, 0.15) is 13.3 Å². The smallest absolute Gasteiger partial charge is 0.212 e. The van der Waals surface area contributed by atoms with Gasteiger partial charge in [-0.15, -0.1) is 11.8 Å². The van der Waals surface area contributed by atoms with E-state index in [1.54, 1.807) is 0 Å². The quantitative estimate of drug-likeness (QED) is 0.613. The average Bonchev–Trinajstić information content (AvgIpc) is 2.77. The van der Waals surface area contributed by atoms with Crippen molar-refractivity contribution in [2.45, 2.75) is 23.8 Å². The maximum Gasteiger partial charge on any atom is 0.212 e. The lowest BCUT2D eigenvalue weighted by molar-refractivity contribution is 0.178. The molecule has 112 valence electrons. The van der Waals surface area contributed by atoms with Crippen LogP contribution in [-0.4, -0.2) is 38.7 Å². The number of nitrogen functional groups attached to an aromatic ring is 1. The summed E-state index contributed by atoms with van der Waals surface area (Å²) in [5.74, 6) is 0.605. The Bertz CT molecular complexity index is 537. The Balaban J connectivity index is 1.81. The van der Waals surface area contributed by atoms with E-state index in [0.29, 0.717) is 24.7 Å². The molecule has 1 atom stereocenters. The fourth-order valence-corrected chi connectivity index (χ4v) is 4.80. The van der Waals surface area contributed by atoms with Crippen LogP contribution in [-0.2, 0) is 14.8 Å². The summed E-state index contributed by atoms with van der Waals surface area (Å²) in [5.41, 5.74) is 5.86. The third-order valence-electron chi connectivity index (χ3n) is 3.12. The van der Waals surface area contributed by atoms with Crippen LogP contribution >= 0.6 is 11.8 Å². The molecule has 1 aliphatic rings. The molecule has 7 heteroatoms. The van der Waals surface area contributed by atoms with Crippen LogP contribution < -0.4 is 10.5 Å². The van der Waals surface area contributed by atoms with E-state index in [1.807, 2.05) is 31.2 Å². The molecule has 0 amide bonds. The Morgan fingerprint density at radius 3 is 2.70 bits per heavy atom. The van der Waals surface area contributed by atoms with Crippen molar-refractivity contribution in [1.82, 2.24) is 4.72 Å². The third-order valence-corrected chi connectivity index (χ3v) is 5.94. The molecule has 0 bridgehead atoms. The molecule has 20 heavy (non-hydrogen) atoms. The first-order valence-corrected chi connectivity index (χ1v) is 9.10. The Hall–Kier alpha value is -0.760. The first kappa shape index (κ1) is 15.6. The molecule has 1 heterocycles. The molecule has 1 saturated heterocycles. The fourth-order valence-electron chi connectivity index (χ4n) is 2.01. The topological polar surface area (TPSA) is 81.4 Å². The minimum absolute atomic E-state index is 0.0949. The van der Waals surface area contributed by atoms with E-state index >= 15 is 0 Å². The molecular weight excluding hydrogens is 296 g/mol. The van der Waals surface area contributed by atoms with E-state index in [1.165, 1.54) is 11.8 Å². The molecule has 0 aliphatic carbocycles. The molecule has 0 spiro atoms. The van der Waals surface area contributed by atoms with Crippen LogP contribution in [0.5, 0.6) is 0 Å². The van der Waals surface area contributed by atoms with Crippen LogP contribution in [0, 0.1) is 0 Å². The molecule has 1 aromatic carbocycles. The highest BCUT2D eigenvalue weighted by Crippen LogP contribution is 2.21. The number of benzene rings is 1. The van der Waals surface area contributed by atoms with Gasteiger partial charge in [0.15, 0.2) is 0 Å². The Morgan fingerprint density at radius 2 is 2.10 bits per heavy atom. The highest BCUT2D eigenvalue weighted by Gasteiger charge is 2.33. The summed E-state index contributed by atoms with van der Waals surface area (Å²) >= 11 is 1.51. The summed E-state index contributed by atoms with van der Waals surface area (Å²) in [6.45, 7) is 2.93. The number of nitrogens with two attached hydrogens (primary N) is 1. The van der Waals surface area contributed by atoms with Crippen molar-refractivity contribution in [1.29, 1.82) is 0 Å². The number of hydrogen-bond acceptors (Lipinski definition) is 5. The van der Waals surface area contributed by atoms with Gasteiger partial charge in [0.05, 0.1) is 17.9 Å². The Kier molecular flexibility index (Phi) is 4.95. The minimum atomic E-state index is -3.28. The van der Waals surface area contributed by atoms with Gasteiger partial charge in [0.25, 0.3) is 0 Å². The number of sulfonamides is 1. The zero-order valence-electron chi connectivity index (χ0n) is 11.5. The van der Waals surface area contributed by atoms with Crippen molar-refractivity contribution in [3.8, 4) is 0 Å². The molecule has 2 rings (SSSR count). The van der Waals surface area contributed by atoms with Crippen molar-refractivity contribution in [2.24, 2.45) is 0 Å². The second kappa shape index (κ2) is 6.34. The number of thioether (sulfide) groups is 1. The van der Waals surface area contributed by atoms with Crippen molar-refractivity contribution < 1.29 is 13.2 Å². The third kappa shape index (κ3) is 4.66. The lowest BCUT2D eigenvalue weighted by atomic mass is 10.0. The van der Waals surface area contributed by atoms with Gasteiger partial charge in [-0.25, -0.2) is 13.1 Å². The van der Waals surface area contributed by atoms with Gasteiger partial charge in [-0.3, -0.25) is 0 Å². The molecule has 1 aromatic rings. The minimum Gasteiger partial charge on any atom is -0.399 e. The van der Waals surface area contributed by atoms with Gasteiger partial charge in [0.1, 0.15) is 0 Å². The standard InChI is InChI=1S/C13H20N2O3S2/c1-13(6-7-18-10-13)15-20(16,17)9-8-19-12-4-2-11(14)3-5-12/h2-5,15H,6-10,14H2,1H3. The molecule has 3 N–H and O–H groups in total. The van der Waals surface area contributed by atoms with E-state index in [4.69, 9.17) is 10.5 Å². The predicted molar refractivity (Wildman–Crippen MR) is 82.3 cm³/mol. The summed E-state index contributed by atoms with van der Waals surface area (Å²) < 4.78 is 32.1. The van der Waals surface area contributed by atoms with Crippen molar-refractivity contribution >= 4 is 27.5 Å². The lowest BCUT2D eigenvalue weighted by Gasteiger charge is -2.23. The van der Waals surface area contributed by atoms with Gasteiger partial charge in [-0.05, 0) is 37.6 Å². The van der Waals surface area contributed by atoms with Crippen molar-refractivity contribution in [2.75, 3.05) is 30.5 Å². The molecule has 1 aliphatic heterocycles. The van der Waals surface area contributed by atoms with Gasteiger partial charge >= 0.3 is 0 Å². The van der Waals surface area contributed by atoms with Crippen LogP contribution in [0.4, 0.5) is 5.69 Å². The van der Waals surface area contributed by atoms with Gasteiger partial charge in [-0.1, -0.05) is 0 Å². The summed E-state index contributed by atoms with van der Waals surface area (Å²) in [5, 5.41) is 0. The van der Waals surface area contributed by atoms with Gasteiger partial charge < -0.3 is 10.5 Å². The summed E-state index contributed by atoms with van der Waals surface area (Å²) in [6, 6.07) is 7.41. The maximum atomic E-state index is 12.0. The zero-order valence-corrected chi connectivity index (χ0v) is 13.1. The monoisotopic (exact) mass is 316 g/mol. The van der Waals surface area contributed by atoms with Crippen molar-refractivity contribution in [3.05, 3.63) is 24.3 Å². The predicted octanol–water partition coefficient (Wildman–Crippen LogP) is 1.46. The molecule has 1 fully saturated rings. The van der Waals surface area contributed by atoms with Crippen molar-refractivity contribution in [3.63, 3.8) is 0 Å². The number of rotatable bonds is 6. The van der Waals surface area contributed by atoms with E-state index in [9.17, 15) is 8.42 Å². The van der Waals surface area contributed by atoms with Crippen LogP contribution in [0.15, 0.2) is 29.2 Å². The van der Waals surface area contributed by atoms with Gasteiger partial charge in [-0.2, -0.15) is 0 Å². The second-order valence-electron chi connectivity index (χ2n) is 5.20. The summed E-state index contributed by atoms with van der Waals surface area (Å²) in [4.78, 5) is 1.02. The van der Waals surface area contributed by atoms with E-state index in [0.717, 1.165) is 11.3 Å². The molecule has 0 saturated carbocycles. The second-order valence-corrected chi connectivity index (χ2v) is 8.21. The van der Waals surface area contributed by atoms with E-state index in [2.05, 4.69) is 4.72 Å². The van der Waals surface area contributed by atoms with E-state index < -0.39 is 15.6 Å². The van der Waals surface area contributed by atoms with Gasteiger partial charge in [0.2, 0.25) is 10.0 Å². The first-order chi connectivity index (χ1) is 9.39. The molecule has 1 unspecified atom stereocenters. The molecule has 5 nitrogen and oxygen atoms in total. The Labute approximate surface area is 124 Å². The number of nitrogens with one attached hydrogen (secondary N) is 1. The molecular formula is C13H20N2O3S2. The fraction of sp³-hybridized carbons (Fsp3) is 0.538. The summed E-state index contributed by atoms with van der Waals surface area (Å²) in [7, 11) is -3.28. The SMILES string of the molecule is CC1(NS(=O)(=O)CCSc2ccc(N)cc2)CCOC1. The average molecular weight is 316 g/mol. The number of hydrogen-bond donors (Lipinski definition) is 2. The first-order valence-electron chi connectivity index (χ1n) is 6.46. The number of anilines is 1. The Morgan fingerprint density at radius 1 is 1.40 bits per heavy atom. The summed E-state index contributed by atoms with van der Waals surface area (Å²) in [6.07, 6.45) is 0.720. The van der Waals surface area contributed by atoms with Crippen LogP contribution in [0.25, 0.3) is 0 Å². The molecule has 0 radical (unpaired) electrons. The van der Waals surface area contributed by atoms with Gasteiger partial charge in [0, 0.05) is 22.9 Å². The van der Waals surface area contributed by atoms with Crippen LogP contribution in [0.2, 0.25) is 0 Å². The highest BCUT2D eigenvalue weighted by atomic mass is 32.2. The lowest BCUT2D eigenvalue weighted by Crippen LogP contribution is -2.47. The van der Waals surface area contributed by atoms with E-state index in [-0.39, 0.29) is 5.75 Å². The molecule has 0 aromatic heterocycles. The number of ether oxygens (including phenoxy) is 1.